The Balaban J connectivity index is 2.89. The van der Waals surface area contributed by atoms with Crippen molar-refractivity contribution in [3.05, 3.63) is 0 Å². The lowest BCUT2D eigenvalue weighted by Gasteiger charge is -2.27. The van der Waals surface area contributed by atoms with Crippen molar-refractivity contribution in [2.75, 3.05) is 12.3 Å². The maximum Gasteiger partial charge on any atom is 0.317 e. The van der Waals surface area contributed by atoms with Gasteiger partial charge in [-0.3, -0.25) is 19.3 Å². The molecule has 0 aromatic heterocycles. The summed E-state index contributed by atoms with van der Waals surface area (Å²) in [5.74, 6) is -1.26. The molecule has 25 heavy (non-hydrogen) atoms. The zero-order chi connectivity index (χ0) is 19.4. The molecule has 0 aliphatic carbocycles. The molecule has 1 rings (SSSR count). The van der Waals surface area contributed by atoms with E-state index < -0.39 is 23.4 Å². The molecule has 0 saturated carbocycles. The molecule has 0 bridgehead atoms. The summed E-state index contributed by atoms with van der Waals surface area (Å²) in [6, 6.07) is 0. The monoisotopic (exact) mass is 387 g/mol. The Morgan fingerprint density at radius 3 is 2.24 bits per heavy atom. The molecule has 0 radical (unpaired) electrons. The molecular formula is C18H29NO4S2. The molecule has 1 saturated heterocycles. The highest BCUT2D eigenvalue weighted by Gasteiger charge is 2.37. The van der Waals surface area contributed by atoms with Crippen molar-refractivity contribution in [2.45, 2.75) is 60.0 Å². The molecule has 0 aromatic rings. The molecule has 1 aliphatic rings. The fraction of sp³-hybridized carbons (Fsp3) is 0.778. The van der Waals surface area contributed by atoms with Crippen molar-refractivity contribution in [3.8, 4) is 0 Å². The van der Waals surface area contributed by atoms with Crippen LogP contribution < -0.4 is 0 Å². The zero-order valence-corrected chi connectivity index (χ0v) is 17.6. The predicted molar refractivity (Wildman–Crippen MR) is 104 cm³/mol. The summed E-state index contributed by atoms with van der Waals surface area (Å²) in [6.45, 7) is 11.5. The number of thioether (sulfide) groups is 1. The molecule has 0 spiro atoms. The van der Waals surface area contributed by atoms with Crippen molar-refractivity contribution in [1.82, 2.24) is 4.90 Å². The van der Waals surface area contributed by atoms with Gasteiger partial charge in [0, 0.05) is 25.1 Å². The number of esters is 1. The summed E-state index contributed by atoms with van der Waals surface area (Å²) >= 11 is 6.65. The molecule has 1 unspecified atom stereocenters. The van der Waals surface area contributed by atoms with Crippen LogP contribution in [0.4, 0.5) is 0 Å². The quantitative estimate of drug-likeness (QED) is 0.379. The first-order valence-electron chi connectivity index (χ1n) is 8.65. The summed E-state index contributed by atoms with van der Waals surface area (Å²) in [7, 11) is 0. The molecule has 1 heterocycles. The SMILES string of the molecule is CC(C)CC(=O)C(C(=O)OC(C)(C)C)[C@H](C)CC(=O)N1CCSC1=S. The average molecular weight is 388 g/mol. The molecule has 0 aromatic carbocycles. The Morgan fingerprint density at radius 2 is 1.80 bits per heavy atom. The van der Waals surface area contributed by atoms with Gasteiger partial charge in [-0.1, -0.05) is 44.8 Å². The van der Waals surface area contributed by atoms with Crippen molar-refractivity contribution < 1.29 is 19.1 Å². The highest BCUT2D eigenvalue weighted by atomic mass is 32.2. The van der Waals surface area contributed by atoms with Gasteiger partial charge in [-0.05, 0) is 32.6 Å². The fourth-order valence-corrected chi connectivity index (χ4v) is 3.94. The van der Waals surface area contributed by atoms with Crippen LogP contribution in [0.1, 0.15) is 54.4 Å². The van der Waals surface area contributed by atoms with Crippen LogP contribution in [0.2, 0.25) is 0 Å². The third kappa shape index (κ3) is 7.05. The van der Waals surface area contributed by atoms with E-state index in [4.69, 9.17) is 17.0 Å². The number of carbonyl (C=O) groups excluding carboxylic acids is 3. The second-order valence-electron chi connectivity index (χ2n) is 7.92. The molecular weight excluding hydrogens is 358 g/mol. The van der Waals surface area contributed by atoms with Crippen molar-refractivity contribution in [3.63, 3.8) is 0 Å². The normalized spacial score (nSPS) is 17.6. The number of ether oxygens (including phenoxy) is 1. The number of carbonyl (C=O) groups is 3. The van der Waals surface area contributed by atoms with Crippen molar-refractivity contribution >= 4 is 46.0 Å². The second-order valence-corrected chi connectivity index (χ2v) is 9.65. The minimum atomic E-state index is -0.922. The predicted octanol–water partition coefficient (Wildman–Crippen LogP) is 3.45. The van der Waals surface area contributed by atoms with E-state index in [2.05, 4.69) is 0 Å². The van der Waals surface area contributed by atoms with Crippen molar-refractivity contribution in [1.29, 1.82) is 0 Å². The van der Waals surface area contributed by atoms with Crippen LogP contribution >= 0.6 is 24.0 Å². The molecule has 1 fully saturated rings. The topological polar surface area (TPSA) is 63.7 Å². The van der Waals surface area contributed by atoms with Gasteiger partial charge < -0.3 is 4.74 Å². The Hall–Kier alpha value is -0.950. The number of Topliss-reactive ketones (excluding diaryl/α,β-unsaturated/α-hetero) is 1. The summed E-state index contributed by atoms with van der Waals surface area (Å²) in [5, 5.41) is 0. The third-order valence-corrected chi connectivity index (χ3v) is 5.17. The molecule has 1 aliphatic heterocycles. The Morgan fingerprint density at radius 1 is 1.20 bits per heavy atom. The smallest absolute Gasteiger partial charge is 0.317 e. The van der Waals surface area contributed by atoms with E-state index in [1.165, 1.54) is 11.8 Å². The van der Waals surface area contributed by atoms with Gasteiger partial charge in [0.05, 0.1) is 0 Å². The number of nitrogens with zero attached hydrogens (tertiary/aromatic N) is 1. The highest BCUT2D eigenvalue weighted by Crippen LogP contribution is 2.26. The molecule has 2 atom stereocenters. The Bertz CT molecular complexity index is 540. The zero-order valence-electron chi connectivity index (χ0n) is 16.0. The summed E-state index contributed by atoms with van der Waals surface area (Å²) in [6.07, 6.45) is 0.398. The molecule has 0 N–H and O–H groups in total. The molecule has 142 valence electrons. The van der Waals surface area contributed by atoms with Gasteiger partial charge in [0.1, 0.15) is 21.6 Å². The van der Waals surface area contributed by atoms with Crippen LogP contribution in [0.5, 0.6) is 0 Å². The fourth-order valence-electron chi connectivity index (χ4n) is 2.70. The third-order valence-electron chi connectivity index (χ3n) is 3.74. The number of amides is 1. The van der Waals surface area contributed by atoms with Crippen LogP contribution in [0, 0.1) is 17.8 Å². The van der Waals surface area contributed by atoms with Crippen LogP contribution in [0.15, 0.2) is 0 Å². The van der Waals surface area contributed by atoms with Gasteiger partial charge in [0.15, 0.2) is 0 Å². The Labute approximate surface area is 160 Å². The van der Waals surface area contributed by atoms with Crippen molar-refractivity contribution in [2.24, 2.45) is 17.8 Å². The van der Waals surface area contributed by atoms with Gasteiger partial charge in [-0.25, -0.2) is 0 Å². The van der Waals surface area contributed by atoms with Gasteiger partial charge in [0.2, 0.25) is 5.91 Å². The van der Waals surface area contributed by atoms with Gasteiger partial charge in [0.25, 0.3) is 0 Å². The van der Waals surface area contributed by atoms with Gasteiger partial charge in [-0.2, -0.15) is 0 Å². The van der Waals surface area contributed by atoms with E-state index in [1.807, 2.05) is 13.8 Å². The lowest BCUT2D eigenvalue weighted by Crippen LogP contribution is -2.39. The van der Waals surface area contributed by atoms with E-state index in [9.17, 15) is 14.4 Å². The Kier molecular flexibility index (Phi) is 8.06. The maximum atomic E-state index is 12.6. The van der Waals surface area contributed by atoms with Crippen LogP contribution in [-0.2, 0) is 19.1 Å². The minimum Gasteiger partial charge on any atom is -0.459 e. The van der Waals surface area contributed by atoms with E-state index in [-0.39, 0.29) is 24.0 Å². The largest absolute Gasteiger partial charge is 0.459 e. The lowest BCUT2D eigenvalue weighted by molar-refractivity contribution is -0.164. The van der Waals surface area contributed by atoms with E-state index in [1.54, 1.807) is 32.6 Å². The first-order valence-corrected chi connectivity index (χ1v) is 10.0. The van der Waals surface area contributed by atoms with Crippen LogP contribution in [0.3, 0.4) is 0 Å². The lowest BCUT2D eigenvalue weighted by atomic mass is 9.84. The van der Waals surface area contributed by atoms with Gasteiger partial charge >= 0.3 is 5.97 Å². The summed E-state index contributed by atoms with van der Waals surface area (Å²) < 4.78 is 6.01. The van der Waals surface area contributed by atoms with Crippen LogP contribution in [-0.4, -0.2) is 44.8 Å². The number of thiocarbonyl (C=S) groups is 1. The number of hydrogen-bond acceptors (Lipinski definition) is 6. The maximum absolute atomic E-state index is 12.6. The first-order chi connectivity index (χ1) is 11.4. The van der Waals surface area contributed by atoms with E-state index in [0.29, 0.717) is 17.3 Å². The standard InChI is InChI=1S/C18H29NO4S2/c1-11(2)9-13(20)15(16(22)23-18(4,5)6)12(3)10-14(21)19-7-8-25-17(19)24/h11-12,15H,7-10H2,1-6H3/t12-,15?/m1/s1. The molecule has 5 nitrogen and oxygen atoms in total. The molecule has 1 amide bonds. The minimum absolute atomic E-state index is 0.106. The second kappa shape index (κ2) is 9.12. The first kappa shape index (κ1) is 22.1. The highest BCUT2D eigenvalue weighted by molar-refractivity contribution is 8.23. The summed E-state index contributed by atoms with van der Waals surface area (Å²) in [5.41, 5.74) is -0.676. The average Bonchev–Trinajstić information content (AvgIpc) is 2.81. The van der Waals surface area contributed by atoms with Gasteiger partial charge in [-0.15, -0.1) is 0 Å². The van der Waals surface area contributed by atoms with Crippen LogP contribution in [0.25, 0.3) is 0 Å². The van der Waals surface area contributed by atoms with E-state index in [0.717, 1.165) is 5.75 Å². The number of hydrogen-bond donors (Lipinski definition) is 0. The van der Waals surface area contributed by atoms with E-state index >= 15 is 0 Å². The molecule has 7 heteroatoms. The summed E-state index contributed by atoms with van der Waals surface area (Å²) in [4.78, 5) is 39.3. The number of ketones is 1. The number of rotatable bonds is 7.